The minimum atomic E-state index is 0.802. The molecule has 0 N–H and O–H groups in total. The Balaban J connectivity index is 1.25. The van der Waals surface area contributed by atoms with E-state index in [1.807, 2.05) is 0 Å². The summed E-state index contributed by atoms with van der Waals surface area (Å²) in [5.74, 6) is 1.73. The molecule has 0 aliphatic heterocycles. The molecular formula is C31H38. The fraction of sp³-hybridized carbons (Fsp3) is 0.419. The van der Waals surface area contributed by atoms with Gasteiger partial charge < -0.3 is 0 Å². The standard InChI is InChI=1S/C31H38/c1-23-8-14-28(15-9-23)29-18-12-26(13-19-29)6-4-5-7-27-20-21-31(22-25(27)3)30-16-10-24(2)11-17-30/h10-13,16-23,28H,4-9,14-15H2,1-3H3. The molecule has 0 aromatic heterocycles. The van der Waals surface area contributed by atoms with Crippen molar-refractivity contribution in [3.05, 3.63) is 94.5 Å². The zero-order chi connectivity index (χ0) is 21.6. The highest BCUT2D eigenvalue weighted by Gasteiger charge is 2.19. The van der Waals surface area contributed by atoms with Gasteiger partial charge in [0.1, 0.15) is 0 Å². The largest absolute Gasteiger partial charge is 0.0625 e. The molecule has 0 heterocycles. The van der Waals surface area contributed by atoms with Crippen molar-refractivity contribution in [3.63, 3.8) is 0 Å². The van der Waals surface area contributed by atoms with Gasteiger partial charge in [-0.1, -0.05) is 92.1 Å². The Kier molecular flexibility index (Phi) is 7.28. The van der Waals surface area contributed by atoms with Gasteiger partial charge in [0.05, 0.1) is 0 Å². The quantitative estimate of drug-likeness (QED) is 0.341. The van der Waals surface area contributed by atoms with Crippen LogP contribution in [0.2, 0.25) is 0 Å². The highest BCUT2D eigenvalue weighted by Crippen LogP contribution is 2.35. The fourth-order valence-electron chi connectivity index (χ4n) is 5.10. The summed E-state index contributed by atoms with van der Waals surface area (Å²) in [7, 11) is 0. The average Bonchev–Trinajstić information content (AvgIpc) is 2.79. The van der Waals surface area contributed by atoms with Gasteiger partial charge >= 0.3 is 0 Å². The van der Waals surface area contributed by atoms with Crippen LogP contribution in [0, 0.1) is 19.8 Å². The summed E-state index contributed by atoms with van der Waals surface area (Å²) in [5.41, 5.74) is 9.94. The second-order valence-corrected chi connectivity index (χ2v) is 9.91. The molecule has 3 aromatic rings. The second kappa shape index (κ2) is 10.3. The molecule has 0 atom stereocenters. The third kappa shape index (κ3) is 5.88. The summed E-state index contributed by atoms with van der Waals surface area (Å²) in [6.07, 6.45) is 10.5. The third-order valence-electron chi connectivity index (χ3n) is 7.36. The molecule has 0 heteroatoms. The predicted octanol–water partition coefficient (Wildman–Crippen LogP) is 8.83. The molecule has 0 spiro atoms. The molecule has 0 bridgehead atoms. The predicted molar refractivity (Wildman–Crippen MR) is 135 cm³/mol. The number of unbranched alkanes of at least 4 members (excludes halogenated alkanes) is 1. The molecule has 1 fully saturated rings. The van der Waals surface area contributed by atoms with E-state index in [0.29, 0.717) is 0 Å². The van der Waals surface area contributed by atoms with Crippen molar-refractivity contribution in [2.75, 3.05) is 0 Å². The summed E-state index contributed by atoms with van der Waals surface area (Å²) < 4.78 is 0. The van der Waals surface area contributed by atoms with Crippen molar-refractivity contribution in [2.45, 2.75) is 78.1 Å². The van der Waals surface area contributed by atoms with Crippen LogP contribution < -0.4 is 0 Å². The van der Waals surface area contributed by atoms with Crippen LogP contribution in [-0.4, -0.2) is 0 Å². The number of hydrogen-bond donors (Lipinski definition) is 0. The molecule has 0 saturated heterocycles. The van der Waals surface area contributed by atoms with Gasteiger partial charge in [0.15, 0.2) is 0 Å². The Bertz CT molecular complexity index is 954. The molecule has 0 amide bonds. The third-order valence-corrected chi connectivity index (χ3v) is 7.36. The lowest BCUT2D eigenvalue weighted by molar-refractivity contribution is 0.348. The van der Waals surface area contributed by atoms with Crippen LogP contribution in [0.15, 0.2) is 66.7 Å². The van der Waals surface area contributed by atoms with Crippen molar-refractivity contribution < 1.29 is 0 Å². The van der Waals surface area contributed by atoms with E-state index in [1.165, 1.54) is 84.7 Å². The van der Waals surface area contributed by atoms with Gasteiger partial charge in [0.2, 0.25) is 0 Å². The van der Waals surface area contributed by atoms with Crippen molar-refractivity contribution in [3.8, 4) is 11.1 Å². The molecule has 0 nitrogen and oxygen atoms in total. The van der Waals surface area contributed by atoms with Crippen LogP contribution in [0.4, 0.5) is 0 Å². The van der Waals surface area contributed by atoms with E-state index in [0.717, 1.165) is 11.8 Å². The molecule has 0 unspecified atom stereocenters. The molecular weight excluding hydrogens is 372 g/mol. The number of hydrogen-bond acceptors (Lipinski definition) is 0. The van der Waals surface area contributed by atoms with Gasteiger partial charge in [0.25, 0.3) is 0 Å². The normalized spacial score (nSPS) is 18.8. The van der Waals surface area contributed by atoms with Crippen molar-refractivity contribution in [2.24, 2.45) is 5.92 Å². The summed E-state index contributed by atoms with van der Waals surface area (Å²) in [5, 5.41) is 0. The van der Waals surface area contributed by atoms with Gasteiger partial charge in [-0.15, -0.1) is 0 Å². The zero-order valence-electron chi connectivity index (χ0n) is 19.7. The van der Waals surface area contributed by atoms with E-state index in [1.54, 1.807) is 5.56 Å². The molecule has 1 aliphatic carbocycles. The Hall–Kier alpha value is -2.34. The van der Waals surface area contributed by atoms with E-state index in [9.17, 15) is 0 Å². The minimum absolute atomic E-state index is 0.802. The van der Waals surface area contributed by atoms with Crippen molar-refractivity contribution in [1.82, 2.24) is 0 Å². The van der Waals surface area contributed by atoms with Crippen LogP contribution in [0.5, 0.6) is 0 Å². The fourth-order valence-corrected chi connectivity index (χ4v) is 5.10. The lowest BCUT2D eigenvalue weighted by Gasteiger charge is -2.26. The van der Waals surface area contributed by atoms with Crippen molar-refractivity contribution >= 4 is 0 Å². The molecule has 0 radical (unpaired) electrons. The lowest BCUT2D eigenvalue weighted by atomic mass is 9.79. The topological polar surface area (TPSA) is 0 Å². The van der Waals surface area contributed by atoms with Gasteiger partial charge in [-0.05, 0) is 97.6 Å². The first-order valence-corrected chi connectivity index (χ1v) is 12.3. The second-order valence-electron chi connectivity index (χ2n) is 9.91. The highest BCUT2D eigenvalue weighted by atomic mass is 14.2. The summed E-state index contributed by atoms with van der Waals surface area (Å²) in [6, 6.07) is 25.4. The maximum atomic E-state index is 2.41. The van der Waals surface area contributed by atoms with Crippen LogP contribution in [0.25, 0.3) is 11.1 Å². The van der Waals surface area contributed by atoms with Crippen molar-refractivity contribution in [1.29, 1.82) is 0 Å². The summed E-state index contributed by atoms with van der Waals surface area (Å²) in [4.78, 5) is 0. The molecule has 3 aromatic carbocycles. The molecule has 1 aliphatic rings. The maximum absolute atomic E-state index is 2.41. The lowest BCUT2D eigenvalue weighted by Crippen LogP contribution is -2.10. The van der Waals surface area contributed by atoms with Crippen LogP contribution in [-0.2, 0) is 12.8 Å². The minimum Gasteiger partial charge on any atom is -0.0625 e. The van der Waals surface area contributed by atoms with E-state index in [-0.39, 0.29) is 0 Å². The highest BCUT2D eigenvalue weighted by molar-refractivity contribution is 5.65. The Morgan fingerprint density at radius 1 is 0.677 bits per heavy atom. The van der Waals surface area contributed by atoms with E-state index in [4.69, 9.17) is 0 Å². The first-order chi connectivity index (χ1) is 15.1. The smallest absolute Gasteiger partial charge is 0.0162 e. The first-order valence-electron chi connectivity index (χ1n) is 12.3. The molecule has 1 saturated carbocycles. The van der Waals surface area contributed by atoms with E-state index < -0.39 is 0 Å². The average molecular weight is 411 g/mol. The molecule has 31 heavy (non-hydrogen) atoms. The van der Waals surface area contributed by atoms with Crippen LogP contribution in [0.3, 0.4) is 0 Å². The molecule has 4 rings (SSSR count). The number of aryl methyl sites for hydroxylation is 4. The Morgan fingerprint density at radius 2 is 1.32 bits per heavy atom. The SMILES string of the molecule is Cc1ccc(-c2ccc(CCCCc3ccc(C4CCC(C)CC4)cc3)c(C)c2)cc1. The van der Waals surface area contributed by atoms with Crippen LogP contribution in [0.1, 0.15) is 79.2 Å². The van der Waals surface area contributed by atoms with E-state index in [2.05, 4.69) is 87.5 Å². The number of rotatable bonds is 7. The van der Waals surface area contributed by atoms with Gasteiger partial charge in [-0.2, -0.15) is 0 Å². The summed E-state index contributed by atoms with van der Waals surface area (Å²) in [6.45, 7) is 6.81. The van der Waals surface area contributed by atoms with Crippen LogP contribution >= 0.6 is 0 Å². The van der Waals surface area contributed by atoms with Gasteiger partial charge in [-0.25, -0.2) is 0 Å². The van der Waals surface area contributed by atoms with Gasteiger partial charge in [-0.3, -0.25) is 0 Å². The Labute approximate surface area is 189 Å². The maximum Gasteiger partial charge on any atom is -0.0162 e. The monoisotopic (exact) mass is 410 g/mol. The molecule has 162 valence electrons. The zero-order valence-corrected chi connectivity index (χ0v) is 19.7. The summed E-state index contributed by atoms with van der Waals surface area (Å²) >= 11 is 0. The number of benzene rings is 3. The Morgan fingerprint density at radius 3 is 2.00 bits per heavy atom. The van der Waals surface area contributed by atoms with Gasteiger partial charge in [0, 0.05) is 0 Å². The van der Waals surface area contributed by atoms with E-state index >= 15 is 0 Å². The first kappa shape index (κ1) is 21.9.